The smallest absolute Gasteiger partial charge is 0.335 e. The second kappa shape index (κ2) is 6.01. The predicted molar refractivity (Wildman–Crippen MR) is 68.8 cm³/mol. The van der Waals surface area contributed by atoms with E-state index in [0.717, 1.165) is 24.3 Å². The largest absolute Gasteiger partial charge is 0.489 e. The lowest BCUT2D eigenvalue weighted by Gasteiger charge is -2.08. The first kappa shape index (κ1) is 14.5. The third-order valence-corrected chi connectivity index (χ3v) is 2.69. The number of halogens is 2. The van der Waals surface area contributed by atoms with Crippen LogP contribution in [0.3, 0.4) is 0 Å². The highest BCUT2D eigenvalue weighted by Gasteiger charge is 2.09. The highest BCUT2D eigenvalue weighted by Crippen LogP contribution is 2.19. The van der Waals surface area contributed by atoms with Crippen LogP contribution >= 0.6 is 0 Å². The van der Waals surface area contributed by atoms with Crippen molar-refractivity contribution in [2.75, 3.05) is 0 Å². The van der Waals surface area contributed by atoms with Gasteiger partial charge in [-0.25, -0.2) is 13.6 Å². The SMILES string of the molecule is N#Cc1ccc(COc2cc(F)cc(C(=O)O)c2)c(F)c1. The molecule has 1 N–H and O–H groups in total. The van der Waals surface area contributed by atoms with Crippen LogP contribution in [0.1, 0.15) is 21.5 Å². The molecule has 0 aliphatic heterocycles. The second-order valence-corrected chi connectivity index (χ2v) is 4.19. The van der Waals surface area contributed by atoms with Gasteiger partial charge in [0.1, 0.15) is 24.0 Å². The summed E-state index contributed by atoms with van der Waals surface area (Å²) in [6, 6.07) is 8.68. The lowest BCUT2D eigenvalue weighted by molar-refractivity contribution is 0.0695. The van der Waals surface area contributed by atoms with Crippen molar-refractivity contribution in [3.63, 3.8) is 0 Å². The van der Waals surface area contributed by atoms with Gasteiger partial charge in [0, 0.05) is 11.6 Å². The van der Waals surface area contributed by atoms with Gasteiger partial charge in [0.2, 0.25) is 0 Å². The number of rotatable bonds is 4. The average molecular weight is 289 g/mol. The van der Waals surface area contributed by atoms with E-state index in [1.165, 1.54) is 12.1 Å². The van der Waals surface area contributed by atoms with Crippen LogP contribution in [0, 0.1) is 23.0 Å². The molecule has 2 rings (SSSR count). The number of carboxylic acid groups (broad SMARTS) is 1. The minimum atomic E-state index is -1.29. The quantitative estimate of drug-likeness (QED) is 0.938. The molecule has 0 aliphatic carbocycles. The van der Waals surface area contributed by atoms with Gasteiger partial charge in [0.25, 0.3) is 0 Å². The van der Waals surface area contributed by atoms with E-state index in [4.69, 9.17) is 15.1 Å². The summed E-state index contributed by atoms with van der Waals surface area (Å²) < 4.78 is 32.1. The second-order valence-electron chi connectivity index (χ2n) is 4.19. The molecule has 2 aromatic carbocycles. The Morgan fingerprint density at radius 2 is 2.00 bits per heavy atom. The van der Waals surface area contributed by atoms with Crippen molar-refractivity contribution >= 4 is 5.97 Å². The molecule has 0 radical (unpaired) electrons. The summed E-state index contributed by atoms with van der Waals surface area (Å²) in [5.74, 6) is -2.69. The van der Waals surface area contributed by atoms with Crippen LogP contribution in [0.4, 0.5) is 8.78 Å². The van der Waals surface area contributed by atoms with E-state index < -0.39 is 17.6 Å². The molecule has 0 aliphatic rings. The summed E-state index contributed by atoms with van der Waals surface area (Å²) in [5.41, 5.74) is 0.0932. The van der Waals surface area contributed by atoms with Gasteiger partial charge in [-0.1, -0.05) is 6.07 Å². The van der Waals surface area contributed by atoms with Gasteiger partial charge < -0.3 is 9.84 Å². The van der Waals surface area contributed by atoms with Crippen molar-refractivity contribution in [3.8, 4) is 11.8 Å². The number of ether oxygens (including phenoxy) is 1. The molecule has 21 heavy (non-hydrogen) atoms. The number of hydrogen-bond acceptors (Lipinski definition) is 3. The summed E-state index contributed by atoms with van der Waals surface area (Å²) in [7, 11) is 0. The third kappa shape index (κ3) is 3.54. The lowest BCUT2D eigenvalue weighted by atomic mass is 10.1. The van der Waals surface area contributed by atoms with Crippen LogP contribution in [0.5, 0.6) is 5.75 Å². The molecular weight excluding hydrogens is 280 g/mol. The summed E-state index contributed by atoms with van der Waals surface area (Å²) in [6.45, 7) is -0.208. The van der Waals surface area contributed by atoms with Gasteiger partial charge in [-0.3, -0.25) is 0 Å². The summed E-state index contributed by atoms with van der Waals surface area (Å²) in [5, 5.41) is 17.4. The number of carboxylic acids is 1. The molecular formula is C15H9F2NO3. The first-order valence-electron chi connectivity index (χ1n) is 5.85. The Labute approximate surface area is 118 Å². The van der Waals surface area contributed by atoms with Gasteiger partial charge in [0.05, 0.1) is 17.2 Å². The maximum Gasteiger partial charge on any atom is 0.335 e. The zero-order valence-electron chi connectivity index (χ0n) is 10.6. The number of nitriles is 1. The number of aromatic carboxylic acids is 1. The standard InChI is InChI=1S/C15H9F2NO3/c16-12-4-11(15(19)20)5-13(6-12)21-8-10-2-1-9(7-18)3-14(10)17/h1-6H,8H2,(H,19,20). The van der Waals surface area contributed by atoms with E-state index in [2.05, 4.69) is 0 Å². The number of nitrogens with zero attached hydrogens (tertiary/aromatic N) is 1. The first-order chi connectivity index (χ1) is 9.99. The van der Waals surface area contributed by atoms with Gasteiger partial charge in [-0.05, 0) is 24.3 Å². The van der Waals surface area contributed by atoms with Gasteiger partial charge in [0.15, 0.2) is 0 Å². The minimum absolute atomic E-state index is 0.0174. The zero-order valence-corrected chi connectivity index (χ0v) is 10.6. The maximum absolute atomic E-state index is 13.6. The fraction of sp³-hybridized carbons (Fsp3) is 0.0667. The zero-order chi connectivity index (χ0) is 15.4. The fourth-order valence-electron chi connectivity index (χ4n) is 1.66. The summed E-state index contributed by atoms with van der Waals surface area (Å²) in [6.07, 6.45) is 0. The Hall–Kier alpha value is -2.94. The molecule has 0 unspecified atom stereocenters. The van der Waals surface area contributed by atoms with Crippen molar-refractivity contribution < 1.29 is 23.4 Å². The molecule has 0 fully saturated rings. The monoisotopic (exact) mass is 289 g/mol. The molecule has 0 saturated heterocycles. The Morgan fingerprint density at radius 1 is 1.24 bits per heavy atom. The average Bonchev–Trinajstić information content (AvgIpc) is 2.45. The number of carbonyl (C=O) groups is 1. The van der Waals surface area contributed by atoms with Gasteiger partial charge >= 0.3 is 5.97 Å². The van der Waals surface area contributed by atoms with E-state index in [1.54, 1.807) is 6.07 Å². The van der Waals surface area contributed by atoms with E-state index >= 15 is 0 Å². The summed E-state index contributed by atoms with van der Waals surface area (Å²) in [4.78, 5) is 10.8. The molecule has 0 saturated carbocycles. The topological polar surface area (TPSA) is 70.3 Å². The first-order valence-corrected chi connectivity index (χ1v) is 5.85. The Bertz CT molecular complexity index is 738. The van der Waals surface area contributed by atoms with E-state index in [9.17, 15) is 13.6 Å². The van der Waals surface area contributed by atoms with Crippen LogP contribution in [-0.4, -0.2) is 11.1 Å². The molecule has 4 nitrogen and oxygen atoms in total. The maximum atomic E-state index is 13.6. The normalized spacial score (nSPS) is 9.95. The van der Waals surface area contributed by atoms with Crippen LogP contribution in [0.2, 0.25) is 0 Å². The summed E-state index contributed by atoms with van der Waals surface area (Å²) >= 11 is 0. The minimum Gasteiger partial charge on any atom is -0.489 e. The molecule has 0 heterocycles. The van der Waals surface area contributed by atoms with E-state index in [0.29, 0.717) is 0 Å². The molecule has 0 spiro atoms. The fourth-order valence-corrected chi connectivity index (χ4v) is 1.66. The van der Waals surface area contributed by atoms with Gasteiger partial charge in [-0.2, -0.15) is 5.26 Å². The van der Waals surface area contributed by atoms with Crippen LogP contribution in [0.25, 0.3) is 0 Å². The Kier molecular flexibility index (Phi) is 4.14. The number of benzene rings is 2. The molecule has 2 aromatic rings. The highest BCUT2D eigenvalue weighted by atomic mass is 19.1. The van der Waals surface area contributed by atoms with Crippen LogP contribution in [0.15, 0.2) is 36.4 Å². The Balaban J connectivity index is 2.17. The van der Waals surface area contributed by atoms with E-state index in [1.807, 2.05) is 0 Å². The molecule has 0 aromatic heterocycles. The van der Waals surface area contributed by atoms with Crippen molar-refractivity contribution in [3.05, 3.63) is 64.7 Å². The molecule has 0 bridgehead atoms. The van der Waals surface area contributed by atoms with Crippen LogP contribution < -0.4 is 4.74 Å². The lowest BCUT2D eigenvalue weighted by Crippen LogP contribution is -2.02. The van der Waals surface area contributed by atoms with Crippen molar-refractivity contribution in [2.45, 2.75) is 6.61 Å². The van der Waals surface area contributed by atoms with Crippen LogP contribution in [-0.2, 0) is 6.61 Å². The molecule has 0 amide bonds. The predicted octanol–water partition coefficient (Wildman–Crippen LogP) is 3.11. The number of hydrogen-bond donors (Lipinski definition) is 1. The van der Waals surface area contributed by atoms with Crippen molar-refractivity contribution in [1.82, 2.24) is 0 Å². The van der Waals surface area contributed by atoms with Crippen molar-refractivity contribution in [1.29, 1.82) is 5.26 Å². The Morgan fingerprint density at radius 3 is 2.62 bits per heavy atom. The third-order valence-electron chi connectivity index (χ3n) is 2.69. The van der Waals surface area contributed by atoms with Gasteiger partial charge in [-0.15, -0.1) is 0 Å². The molecule has 0 atom stereocenters. The highest BCUT2D eigenvalue weighted by molar-refractivity contribution is 5.88. The van der Waals surface area contributed by atoms with E-state index in [-0.39, 0.29) is 29.0 Å². The molecule has 106 valence electrons. The van der Waals surface area contributed by atoms with Crippen molar-refractivity contribution in [2.24, 2.45) is 0 Å². The molecule has 6 heteroatoms.